The van der Waals surface area contributed by atoms with Crippen LogP contribution in [0.1, 0.15) is 6.92 Å². The van der Waals surface area contributed by atoms with Crippen LogP contribution in [-0.2, 0) is 9.59 Å². The van der Waals surface area contributed by atoms with E-state index >= 15 is 0 Å². The quantitative estimate of drug-likeness (QED) is 0.521. The summed E-state index contributed by atoms with van der Waals surface area (Å²) in [6.07, 6.45) is 1.39. The number of rotatable bonds is 3. The zero-order valence-corrected chi connectivity index (χ0v) is 5.00. The van der Waals surface area contributed by atoms with Crippen molar-refractivity contribution in [3.63, 3.8) is 0 Å². The van der Waals surface area contributed by atoms with Crippen molar-refractivity contribution >= 4 is 12.3 Å². The highest BCUT2D eigenvalue weighted by atomic mass is 16.4. The molecule has 0 saturated carbocycles. The Balaban J connectivity index is 3.86. The van der Waals surface area contributed by atoms with Gasteiger partial charge in [-0.1, -0.05) is 0 Å². The topological polar surface area (TPSA) is 80.4 Å². The fraction of sp³-hybridized carbons (Fsp3) is 0.600. The predicted octanol–water partition coefficient (Wildman–Crippen LogP) is -0.856. The van der Waals surface area contributed by atoms with Gasteiger partial charge in [0.2, 0.25) is 6.29 Å². The predicted molar refractivity (Wildman–Crippen MR) is 30.5 cm³/mol. The molecule has 4 heteroatoms. The highest BCUT2D eigenvalue weighted by Crippen LogP contribution is 1.96. The summed E-state index contributed by atoms with van der Waals surface area (Å²) in [6.45, 7) is 1.36. The normalized spacial score (nSPS) is 16.2. The van der Waals surface area contributed by atoms with Crippen LogP contribution in [0.2, 0.25) is 0 Å². The van der Waals surface area contributed by atoms with E-state index in [9.17, 15) is 9.59 Å². The van der Waals surface area contributed by atoms with Crippen molar-refractivity contribution in [1.29, 1.82) is 0 Å². The van der Waals surface area contributed by atoms with Gasteiger partial charge in [-0.05, 0) is 6.92 Å². The fourth-order valence-electron chi connectivity index (χ4n) is 0.256. The van der Waals surface area contributed by atoms with E-state index in [-0.39, 0.29) is 0 Å². The molecule has 0 aliphatic rings. The van der Waals surface area contributed by atoms with Crippen LogP contribution < -0.4 is 5.73 Å². The van der Waals surface area contributed by atoms with Crippen molar-refractivity contribution in [2.45, 2.75) is 13.0 Å². The van der Waals surface area contributed by atoms with Crippen molar-refractivity contribution < 1.29 is 14.7 Å². The van der Waals surface area contributed by atoms with Crippen LogP contribution in [0.3, 0.4) is 0 Å². The lowest BCUT2D eigenvalue weighted by Crippen LogP contribution is -2.34. The smallest absolute Gasteiger partial charge is 0.308 e. The minimum Gasteiger partial charge on any atom is -0.481 e. The van der Waals surface area contributed by atoms with Crippen molar-refractivity contribution in [2.24, 2.45) is 11.7 Å². The first-order chi connectivity index (χ1) is 4.09. The van der Waals surface area contributed by atoms with Gasteiger partial charge in [-0.25, -0.2) is 0 Å². The zero-order valence-electron chi connectivity index (χ0n) is 5.00. The van der Waals surface area contributed by atoms with Crippen molar-refractivity contribution in [3.05, 3.63) is 0 Å². The van der Waals surface area contributed by atoms with E-state index in [1.54, 1.807) is 0 Å². The molecule has 51 valence electrons. The number of hydrogen-bond acceptors (Lipinski definition) is 3. The maximum absolute atomic E-state index is 10.0. The molecule has 0 aromatic carbocycles. The van der Waals surface area contributed by atoms with E-state index in [4.69, 9.17) is 10.8 Å². The second kappa shape index (κ2) is 3.19. The molecule has 0 spiro atoms. The number of carboxylic acid groups (broad SMARTS) is 1. The van der Waals surface area contributed by atoms with Gasteiger partial charge >= 0.3 is 5.97 Å². The molecular weight excluding hydrogens is 122 g/mol. The molecule has 0 bridgehead atoms. The minimum atomic E-state index is -1.08. The van der Waals surface area contributed by atoms with Gasteiger partial charge in [0.1, 0.15) is 0 Å². The molecule has 0 aliphatic heterocycles. The lowest BCUT2D eigenvalue weighted by Gasteiger charge is -2.05. The van der Waals surface area contributed by atoms with Gasteiger partial charge in [-0.15, -0.1) is 0 Å². The number of carbonyl (C=O) groups excluding carboxylic acids is 1. The average Bonchev–Trinajstić information content (AvgIpc) is 1.84. The van der Waals surface area contributed by atoms with Crippen LogP contribution in [-0.4, -0.2) is 23.4 Å². The van der Waals surface area contributed by atoms with Crippen molar-refractivity contribution in [3.8, 4) is 0 Å². The van der Waals surface area contributed by atoms with Gasteiger partial charge in [0.15, 0.2) is 0 Å². The third-order valence-corrected chi connectivity index (χ3v) is 1.06. The molecule has 0 aliphatic carbocycles. The molecule has 0 fully saturated rings. The maximum Gasteiger partial charge on any atom is 0.308 e. The molecular formula is C5H8NO3. The van der Waals surface area contributed by atoms with Gasteiger partial charge < -0.3 is 10.8 Å². The molecule has 2 atom stereocenters. The molecule has 0 aromatic heterocycles. The Morgan fingerprint density at radius 3 is 2.33 bits per heavy atom. The van der Waals surface area contributed by atoms with E-state index in [0.29, 0.717) is 0 Å². The largest absolute Gasteiger partial charge is 0.481 e. The van der Waals surface area contributed by atoms with Gasteiger partial charge in [-0.2, -0.15) is 0 Å². The first kappa shape index (κ1) is 8.10. The molecule has 0 amide bonds. The van der Waals surface area contributed by atoms with Crippen LogP contribution >= 0.6 is 0 Å². The van der Waals surface area contributed by atoms with Gasteiger partial charge in [0.05, 0.1) is 12.0 Å². The molecule has 0 rings (SSSR count). The molecule has 3 N–H and O–H groups in total. The van der Waals surface area contributed by atoms with Crippen LogP contribution in [0.5, 0.6) is 0 Å². The van der Waals surface area contributed by atoms with E-state index in [0.717, 1.165) is 0 Å². The Labute approximate surface area is 52.7 Å². The highest BCUT2D eigenvalue weighted by molar-refractivity contribution is 5.76. The number of hydrogen-bond donors (Lipinski definition) is 2. The Bertz CT molecular complexity index is 123. The Morgan fingerprint density at radius 2 is 2.22 bits per heavy atom. The summed E-state index contributed by atoms with van der Waals surface area (Å²) >= 11 is 0. The zero-order chi connectivity index (χ0) is 7.44. The van der Waals surface area contributed by atoms with Crippen LogP contribution in [0.25, 0.3) is 0 Å². The Hall–Kier alpha value is -0.900. The average molecular weight is 130 g/mol. The Kier molecular flexibility index (Phi) is 2.87. The first-order valence-corrected chi connectivity index (χ1v) is 2.45. The lowest BCUT2D eigenvalue weighted by molar-refractivity contribution is -0.141. The molecule has 1 unspecified atom stereocenters. The minimum absolute atomic E-state index is 0.845. The highest BCUT2D eigenvalue weighted by Gasteiger charge is 2.19. The summed E-state index contributed by atoms with van der Waals surface area (Å²) in [6, 6.07) is -1.01. The van der Waals surface area contributed by atoms with Gasteiger partial charge in [-0.3, -0.25) is 9.59 Å². The maximum atomic E-state index is 10.0. The van der Waals surface area contributed by atoms with Crippen LogP contribution in [0.4, 0.5) is 0 Å². The second-order valence-corrected chi connectivity index (χ2v) is 1.77. The van der Waals surface area contributed by atoms with Crippen molar-refractivity contribution in [1.82, 2.24) is 0 Å². The van der Waals surface area contributed by atoms with E-state index in [2.05, 4.69) is 0 Å². The second-order valence-electron chi connectivity index (χ2n) is 1.77. The molecule has 1 radical (unpaired) electrons. The lowest BCUT2D eigenvalue weighted by atomic mass is 10.1. The third-order valence-electron chi connectivity index (χ3n) is 1.06. The molecule has 9 heavy (non-hydrogen) atoms. The summed E-state index contributed by atoms with van der Waals surface area (Å²) < 4.78 is 0. The van der Waals surface area contributed by atoms with Crippen molar-refractivity contribution in [2.75, 3.05) is 0 Å². The number of carbonyl (C=O) groups is 1. The third kappa shape index (κ3) is 2.23. The number of aliphatic carboxylic acids is 1. The number of carboxylic acids is 1. The summed E-state index contributed by atoms with van der Waals surface area (Å²) in [4.78, 5) is 19.8. The molecule has 0 aromatic rings. The summed E-state index contributed by atoms with van der Waals surface area (Å²) in [7, 11) is 0. The fourth-order valence-corrected chi connectivity index (χ4v) is 0.256. The standard InChI is InChI=1S/C5H8NO3/c1-3(5(8)9)4(6)2-7/h3-4H,6H2,1H3,(H,8,9)/t3?,4-/m1/s1. The van der Waals surface area contributed by atoms with E-state index in [1.165, 1.54) is 13.2 Å². The van der Waals surface area contributed by atoms with E-state index < -0.39 is 17.9 Å². The number of nitrogens with two attached hydrogens (primary N) is 1. The van der Waals surface area contributed by atoms with Crippen LogP contribution in [0.15, 0.2) is 0 Å². The summed E-state index contributed by atoms with van der Waals surface area (Å²) in [5.41, 5.74) is 5.01. The van der Waals surface area contributed by atoms with E-state index in [1.807, 2.05) is 0 Å². The summed E-state index contributed by atoms with van der Waals surface area (Å²) in [5, 5.41) is 8.22. The molecule has 0 heterocycles. The SMILES string of the molecule is CC(C(=O)O)[C@H](N)[C]=O. The first-order valence-electron chi connectivity index (χ1n) is 2.45. The van der Waals surface area contributed by atoms with Gasteiger partial charge in [0, 0.05) is 0 Å². The van der Waals surface area contributed by atoms with Gasteiger partial charge in [0.25, 0.3) is 0 Å². The Morgan fingerprint density at radius 1 is 1.78 bits per heavy atom. The van der Waals surface area contributed by atoms with Crippen LogP contribution in [0, 0.1) is 5.92 Å². The monoisotopic (exact) mass is 130 g/mol. The molecule has 0 saturated heterocycles. The molecule has 4 nitrogen and oxygen atoms in total. The summed E-state index contributed by atoms with van der Waals surface area (Å²) in [5.74, 6) is -1.92.